The molecule has 0 amide bonds. The summed E-state index contributed by atoms with van der Waals surface area (Å²) in [6.45, 7) is 4.46. The van der Waals surface area contributed by atoms with E-state index in [1.807, 2.05) is 0 Å². The van der Waals surface area contributed by atoms with Crippen molar-refractivity contribution >= 4 is 11.4 Å². The van der Waals surface area contributed by atoms with E-state index in [0.29, 0.717) is 11.1 Å². The van der Waals surface area contributed by atoms with Gasteiger partial charge in [-0.05, 0) is 49.3 Å². The number of alkyl halides is 3. The van der Waals surface area contributed by atoms with Gasteiger partial charge in [0.15, 0.2) is 0 Å². The highest BCUT2D eigenvalue weighted by molar-refractivity contribution is 5.58. The van der Waals surface area contributed by atoms with Crippen LogP contribution in [0.1, 0.15) is 45.1 Å². The van der Waals surface area contributed by atoms with Gasteiger partial charge in [0.1, 0.15) is 0 Å². The second-order valence-electron chi connectivity index (χ2n) is 6.38. The molecule has 0 heterocycles. The van der Waals surface area contributed by atoms with Crippen LogP contribution in [0.25, 0.3) is 0 Å². The highest BCUT2D eigenvalue weighted by Gasteiger charge is 2.33. The topological polar surface area (TPSA) is 38.0 Å². The molecule has 0 spiro atoms. The van der Waals surface area contributed by atoms with Crippen LogP contribution >= 0.6 is 0 Å². The maximum atomic E-state index is 12.8. The van der Waals surface area contributed by atoms with Crippen LogP contribution in [0.2, 0.25) is 0 Å². The summed E-state index contributed by atoms with van der Waals surface area (Å²) in [5.41, 5.74) is 5.24. The quantitative estimate of drug-likeness (QED) is 0.775. The molecule has 0 saturated heterocycles. The van der Waals surface area contributed by atoms with E-state index in [4.69, 9.17) is 5.73 Å². The Bertz CT molecular complexity index is 470. The minimum atomic E-state index is -4.41. The molecule has 1 fully saturated rings. The predicted molar refractivity (Wildman–Crippen MR) is 75.5 cm³/mol. The molecule has 0 aromatic heterocycles. The molecule has 112 valence electrons. The van der Waals surface area contributed by atoms with Crippen LogP contribution in [-0.4, -0.2) is 6.04 Å². The first kappa shape index (κ1) is 15.0. The SMILES string of the molecule is CC1(C)CCC(Nc2ccc(N)c(C(F)(F)F)c2)CC1. The molecule has 1 aromatic carbocycles. The summed E-state index contributed by atoms with van der Waals surface area (Å²) in [4.78, 5) is 0. The Morgan fingerprint density at radius 3 is 2.35 bits per heavy atom. The zero-order valence-corrected chi connectivity index (χ0v) is 11.8. The summed E-state index contributed by atoms with van der Waals surface area (Å²) in [5.74, 6) is 0. The minimum absolute atomic E-state index is 0.229. The monoisotopic (exact) mass is 286 g/mol. The molecule has 0 aliphatic heterocycles. The molecule has 5 heteroatoms. The lowest BCUT2D eigenvalue weighted by Gasteiger charge is -2.35. The summed E-state index contributed by atoms with van der Waals surface area (Å²) < 4.78 is 38.4. The van der Waals surface area contributed by atoms with Crippen molar-refractivity contribution in [2.45, 2.75) is 51.7 Å². The first-order valence-corrected chi connectivity index (χ1v) is 6.91. The van der Waals surface area contributed by atoms with E-state index in [1.165, 1.54) is 6.07 Å². The van der Waals surface area contributed by atoms with E-state index in [1.54, 1.807) is 6.07 Å². The third kappa shape index (κ3) is 3.58. The van der Waals surface area contributed by atoms with Crippen molar-refractivity contribution in [1.82, 2.24) is 0 Å². The normalized spacial score (nSPS) is 19.9. The number of halogens is 3. The van der Waals surface area contributed by atoms with Gasteiger partial charge >= 0.3 is 6.18 Å². The molecular weight excluding hydrogens is 265 g/mol. The second kappa shape index (κ2) is 5.19. The average Bonchev–Trinajstić information content (AvgIpc) is 2.33. The van der Waals surface area contributed by atoms with Crippen LogP contribution in [0.3, 0.4) is 0 Å². The number of benzene rings is 1. The van der Waals surface area contributed by atoms with Crippen LogP contribution in [0, 0.1) is 5.41 Å². The number of rotatable bonds is 2. The minimum Gasteiger partial charge on any atom is -0.398 e. The third-order valence-electron chi connectivity index (χ3n) is 4.07. The first-order chi connectivity index (χ1) is 9.17. The fourth-order valence-electron chi connectivity index (χ4n) is 2.67. The van der Waals surface area contributed by atoms with Gasteiger partial charge in [-0.25, -0.2) is 0 Å². The molecular formula is C15H21F3N2. The first-order valence-electron chi connectivity index (χ1n) is 6.91. The van der Waals surface area contributed by atoms with Crippen LogP contribution in [0.5, 0.6) is 0 Å². The summed E-state index contributed by atoms with van der Waals surface area (Å²) in [5, 5.41) is 3.20. The van der Waals surface area contributed by atoms with E-state index < -0.39 is 11.7 Å². The van der Waals surface area contributed by atoms with Crippen molar-refractivity contribution in [3.8, 4) is 0 Å². The van der Waals surface area contributed by atoms with Crippen molar-refractivity contribution in [2.75, 3.05) is 11.1 Å². The zero-order chi connectivity index (χ0) is 15.0. The predicted octanol–water partition coefficient (Wildman–Crippen LogP) is 4.67. The van der Waals surface area contributed by atoms with Crippen molar-refractivity contribution in [3.05, 3.63) is 23.8 Å². The van der Waals surface area contributed by atoms with Crippen LogP contribution in [-0.2, 0) is 6.18 Å². The largest absolute Gasteiger partial charge is 0.418 e. The molecule has 1 aliphatic rings. The number of nitrogens with two attached hydrogens (primary N) is 1. The highest BCUT2D eigenvalue weighted by atomic mass is 19.4. The maximum Gasteiger partial charge on any atom is 0.418 e. The Hall–Kier alpha value is -1.39. The van der Waals surface area contributed by atoms with Crippen molar-refractivity contribution in [3.63, 3.8) is 0 Å². The van der Waals surface area contributed by atoms with Crippen LogP contribution in [0.4, 0.5) is 24.5 Å². The average molecular weight is 286 g/mol. The molecule has 1 aromatic rings. The van der Waals surface area contributed by atoms with Crippen LogP contribution < -0.4 is 11.1 Å². The van der Waals surface area contributed by atoms with Gasteiger partial charge in [-0.2, -0.15) is 13.2 Å². The van der Waals surface area contributed by atoms with E-state index >= 15 is 0 Å². The van der Waals surface area contributed by atoms with E-state index in [9.17, 15) is 13.2 Å². The van der Waals surface area contributed by atoms with Gasteiger partial charge in [-0.15, -0.1) is 0 Å². The van der Waals surface area contributed by atoms with Crippen LogP contribution in [0.15, 0.2) is 18.2 Å². The molecule has 3 N–H and O–H groups in total. The lowest BCUT2D eigenvalue weighted by Crippen LogP contribution is -2.29. The Morgan fingerprint density at radius 1 is 1.20 bits per heavy atom. The number of nitrogen functional groups attached to an aromatic ring is 1. The standard InChI is InChI=1S/C15H21F3N2/c1-14(2)7-5-10(6-8-14)20-11-3-4-13(19)12(9-11)15(16,17)18/h3-4,9-10,20H,5-8,19H2,1-2H3. The molecule has 20 heavy (non-hydrogen) atoms. The van der Waals surface area contributed by atoms with E-state index in [0.717, 1.165) is 31.7 Å². The Labute approximate surface area is 117 Å². The van der Waals surface area contributed by atoms with Gasteiger partial charge in [0.05, 0.1) is 5.56 Å². The second-order valence-corrected chi connectivity index (χ2v) is 6.38. The zero-order valence-electron chi connectivity index (χ0n) is 11.8. The lowest BCUT2D eigenvalue weighted by molar-refractivity contribution is -0.136. The molecule has 1 aliphatic carbocycles. The van der Waals surface area contributed by atoms with Gasteiger partial charge in [0.2, 0.25) is 0 Å². The lowest BCUT2D eigenvalue weighted by atomic mass is 9.75. The van der Waals surface area contributed by atoms with Gasteiger partial charge in [-0.3, -0.25) is 0 Å². The maximum absolute atomic E-state index is 12.8. The summed E-state index contributed by atoms with van der Waals surface area (Å²) >= 11 is 0. The van der Waals surface area contributed by atoms with Crippen molar-refractivity contribution in [2.24, 2.45) is 5.41 Å². The molecule has 2 nitrogen and oxygen atoms in total. The van der Waals surface area contributed by atoms with Crippen molar-refractivity contribution in [1.29, 1.82) is 0 Å². The Kier molecular flexibility index (Phi) is 3.89. The summed E-state index contributed by atoms with van der Waals surface area (Å²) in [6.07, 6.45) is -0.259. The van der Waals surface area contributed by atoms with E-state index in [-0.39, 0.29) is 11.7 Å². The van der Waals surface area contributed by atoms with Gasteiger partial charge in [0.25, 0.3) is 0 Å². The van der Waals surface area contributed by atoms with Gasteiger partial charge < -0.3 is 11.1 Å². The number of hydrogen-bond donors (Lipinski definition) is 2. The number of hydrogen-bond acceptors (Lipinski definition) is 2. The Balaban J connectivity index is 2.08. The molecule has 0 unspecified atom stereocenters. The van der Waals surface area contributed by atoms with E-state index in [2.05, 4.69) is 19.2 Å². The summed E-state index contributed by atoms with van der Waals surface area (Å²) in [7, 11) is 0. The smallest absolute Gasteiger partial charge is 0.398 e. The Morgan fingerprint density at radius 2 is 1.80 bits per heavy atom. The van der Waals surface area contributed by atoms with Gasteiger partial charge in [-0.1, -0.05) is 13.8 Å². The number of anilines is 2. The van der Waals surface area contributed by atoms with Gasteiger partial charge in [0, 0.05) is 17.4 Å². The molecule has 0 atom stereocenters. The fraction of sp³-hybridized carbons (Fsp3) is 0.600. The third-order valence-corrected chi connectivity index (χ3v) is 4.07. The molecule has 1 saturated carbocycles. The molecule has 0 radical (unpaired) electrons. The fourth-order valence-corrected chi connectivity index (χ4v) is 2.67. The molecule has 2 rings (SSSR count). The summed E-state index contributed by atoms with van der Waals surface area (Å²) in [6, 6.07) is 4.28. The van der Waals surface area contributed by atoms with Crippen molar-refractivity contribution < 1.29 is 13.2 Å². The molecule has 0 bridgehead atoms. The number of nitrogens with one attached hydrogen (secondary N) is 1. The highest BCUT2D eigenvalue weighted by Crippen LogP contribution is 2.38.